The lowest BCUT2D eigenvalue weighted by molar-refractivity contribution is 0.0791. The molecular formula is C20H23N3OS. The Morgan fingerprint density at radius 3 is 2.60 bits per heavy atom. The van der Waals surface area contributed by atoms with E-state index in [1.807, 2.05) is 42.5 Å². The summed E-state index contributed by atoms with van der Waals surface area (Å²) in [5.41, 5.74) is 8.92. The van der Waals surface area contributed by atoms with Gasteiger partial charge in [-0.1, -0.05) is 44.2 Å². The maximum absolute atomic E-state index is 12.8. The second-order valence-electron chi connectivity index (χ2n) is 6.74. The molecule has 3 aromatic rings. The molecule has 4 nitrogen and oxygen atoms in total. The topological polar surface area (TPSA) is 59.2 Å². The molecular weight excluding hydrogens is 330 g/mol. The van der Waals surface area contributed by atoms with Gasteiger partial charge in [-0.15, -0.1) is 11.3 Å². The van der Waals surface area contributed by atoms with Crippen LogP contribution >= 0.6 is 11.3 Å². The first-order valence-corrected chi connectivity index (χ1v) is 9.24. The largest absolute Gasteiger partial charge is 0.397 e. The highest BCUT2D eigenvalue weighted by Crippen LogP contribution is 2.33. The second kappa shape index (κ2) is 7.23. The molecule has 1 aromatic carbocycles. The monoisotopic (exact) mass is 353 g/mol. The summed E-state index contributed by atoms with van der Waals surface area (Å²) in [7, 11) is 1.80. The second-order valence-corrected chi connectivity index (χ2v) is 7.74. The molecule has 0 fully saturated rings. The Morgan fingerprint density at radius 1 is 1.20 bits per heavy atom. The molecule has 0 saturated carbocycles. The quantitative estimate of drug-likeness (QED) is 0.742. The van der Waals surface area contributed by atoms with Crippen LogP contribution in [0.3, 0.4) is 0 Å². The third-order valence-electron chi connectivity index (χ3n) is 4.07. The Balaban J connectivity index is 1.86. The van der Waals surface area contributed by atoms with Crippen LogP contribution in [0.15, 0.2) is 42.5 Å². The summed E-state index contributed by atoms with van der Waals surface area (Å²) in [5, 5.41) is 0.869. The summed E-state index contributed by atoms with van der Waals surface area (Å²) in [4.78, 5) is 20.6. The summed E-state index contributed by atoms with van der Waals surface area (Å²) < 4.78 is 0. The Labute approximate surface area is 152 Å². The Kier molecular flexibility index (Phi) is 5.04. The normalized spacial score (nSPS) is 11.2. The zero-order valence-corrected chi connectivity index (χ0v) is 15.6. The van der Waals surface area contributed by atoms with E-state index in [2.05, 4.69) is 13.8 Å². The van der Waals surface area contributed by atoms with Gasteiger partial charge in [0.05, 0.1) is 5.69 Å². The van der Waals surface area contributed by atoms with Crippen molar-refractivity contribution in [2.24, 2.45) is 5.92 Å². The van der Waals surface area contributed by atoms with Gasteiger partial charge in [0.25, 0.3) is 5.91 Å². The van der Waals surface area contributed by atoms with Crippen molar-refractivity contribution >= 4 is 33.1 Å². The summed E-state index contributed by atoms with van der Waals surface area (Å²) in [6, 6.07) is 13.9. The van der Waals surface area contributed by atoms with Crippen molar-refractivity contribution in [3.63, 3.8) is 0 Å². The zero-order chi connectivity index (χ0) is 18.0. The smallest absolute Gasteiger partial charge is 0.266 e. The number of hydrogen-bond donors (Lipinski definition) is 1. The standard InChI is InChI=1S/C20H23N3OS/c1-13(2)11-15-9-10-16-17(21)18(25-19(16)22-15)20(24)23(3)12-14-7-5-4-6-8-14/h4-10,13H,11-12,21H2,1-3H3. The lowest BCUT2D eigenvalue weighted by Crippen LogP contribution is -2.26. The van der Waals surface area contributed by atoms with Gasteiger partial charge in [-0.25, -0.2) is 4.98 Å². The molecule has 5 heteroatoms. The van der Waals surface area contributed by atoms with E-state index in [4.69, 9.17) is 10.7 Å². The average molecular weight is 353 g/mol. The van der Waals surface area contributed by atoms with Gasteiger partial charge in [-0.05, 0) is 30.0 Å². The third-order valence-corrected chi connectivity index (χ3v) is 5.18. The Morgan fingerprint density at radius 2 is 1.92 bits per heavy atom. The molecule has 0 unspecified atom stereocenters. The van der Waals surface area contributed by atoms with Crippen LogP contribution in [0.25, 0.3) is 10.2 Å². The number of nitrogen functional groups attached to an aromatic ring is 1. The van der Waals surface area contributed by atoms with Crippen LogP contribution in [-0.4, -0.2) is 22.8 Å². The summed E-state index contributed by atoms with van der Waals surface area (Å²) in [6.45, 7) is 4.89. The van der Waals surface area contributed by atoms with Crippen LogP contribution in [0.2, 0.25) is 0 Å². The van der Waals surface area contributed by atoms with Crippen molar-refractivity contribution in [1.82, 2.24) is 9.88 Å². The highest BCUT2D eigenvalue weighted by atomic mass is 32.1. The molecule has 130 valence electrons. The molecule has 25 heavy (non-hydrogen) atoms. The molecule has 1 amide bonds. The van der Waals surface area contributed by atoms with Crippen molar-refractivity contribution < 1.29 is 4.79 Å². The number of nitrogens with two attached hydrogens (primary N) is 1. The molecule has 0 bridgehead atoms. The fourth-order valence-electron chi connectivity index (χ4n) is 2.83. The molecule has 0 aliphatic rings. The number of pyridine rings is 1. The number of amides is 1. The van der Waals surface area contributed by atoms with Crippen LogP contribution in [0.1, 0.15) is 34.8 Å². The van der Waals surface area contributed by atoms with E-state index in [1.54, 1.807) is 11.9 Å². The van der Waals surface area contributed by atoms with Crippen LogP contribution in [0, 0.1) is 5.92 Å². The van der Waals surface area contributed by atoms with Crippen molar-refractivity contribution in [1.29, 1.82) is 0 Å². The fraction of sp³-hybridized carbons (Fsp3) is 0.300. The molecule has 0 radical (unpaired) electrons. The number of rotatable bonds is 5. The number of benzene rings is 1. The molecule has 0 spiro atoms. The molecule has 0 aliphatic carbocycles. The maximum Gasteiger partial charge on any atom is 0.266 e. The van der Waals surface area contributed by atoms with Crippen molar-refractivity contribution in [3.8, 4) is 0 Å². The van der Waals surface area contributed by atoms with Crippen LogP contribution in [-0.2, 0) is 13.0 Å². The number of carbonyl (C=O) groups is 1. The van der Waals surface area contributed by atoms with E-state index in [0.29, 0.717) is 23.0 Å². The van der Waals surface area contributed by atoms with Crippen molar-refractivity contribution in [2.45, 2.75) is 26.8 Å². The van der Waals surface area contributed by atoms with Gasteiger partial charge in [0.15, 0.2) is 0 Å². The minimum atomic E-state index is -0.0604. The van der Waals surface area contributed by atoms with Gasteiger partial charge in [-0.3, -0.25) is 4.79 Å². The summed E-state index contributed by atoms with van der Waals surface area (Å²) in [6.07, 6.45) is 0.922. The van der Waals surface area contributed by atoms with Gasteiger partial charge in [0.1, 0.15) is 9.71 Å². The molecule has 0 atom stereocenters. The van der Waals surface area contributed by atoms with Crippen LogP contribution in [0.4, 0.5) is 5.69 Å². The molecule has 2 N–H and O–H groups in total. The van der Waals surface area contributed by atoms with E-state index < -0.39 is 0 Å². The number of nitrogens with zero attached hydrogens (tertiary/aromatic N) is 2. The maximum atomic E-state index is 12.8. The number of aromatic nitrogens is 1. The number of carbonyl (C=O) groups excluding carboxylic acids is 1. The first kappa shape index (κ1) is 17.4. The predicted molar refractivity (Wildman–Crippen MR) is 105 cm³/mol. The van der Waals surface area contributed by atoms with Crippen LogP contribution < -0.4 is 5.73 Å². The van der Waals surface area contributed by atoms with E-state index in [9.17, 15) is 4.79 Å². The SMILES string of the molecule is CC(C)Cc1ccc2c(N)c(C(=O)N(C)Cc3ccccc3)sc2n1. The van der Waals surface area contributed by atoms with Gasteiger partial charge < -0.3 is 10.6 Å². The number of hydrogen-bond acceptors (Lipinski definition) is 4. The Hall–Kier alpha value is -2.40. The lowest BCUT2D eigenvalue weighted by Gasteiger charge is -2.16. The Bertz CT molecular complexity index is 887. The number of thiophene rings is 1. The fourth-order valence-corrected chi connectivity index (χ4v) is 3.94. The van der Waals surface area contributed by atoms with E-state index in [-0.39, 0.29) is 5.91 Å². The minimum absolute atomic E-state index is 0.0604. The zero-order valence-electron chi connectivity index (χ0n) is 14.8. The molecule has 0 aliphatic heterocycles. The number of anilines is 1. The van der Waals surface area contributed by atoms with E-state index >= 15 is 0 Å². The van der Waals surface area contributed by atoms with Gasteiger partial charge in [-0.2, -0.15) is 0 Å². The van der Waals surface area contributed by atoms with Gasteiger partial charge in [0, 0.05) is 24.7 Å². The number of fused-ring (bicyclic) bond motifs is 1. The van der Waals surface area contributed by atoms with Crippen molar-refractivity contribution in [2.75, 3.05) is 12.8 Å². The molecule has 0 saturated heterocycles. The predicted octanol–water partition coefficient (Wildman–Crippen LogP) is 4.35. The minimum Gasteiger partial charge on any atom is -0.397 e. The van der Waals surface area contributed by atoms with Gasteiger partial charge in [0.2, 0.25) is 0 Å². The molecule has 2 heterocycles. The summed E-state index contributed by atoms with van der Waals surface area (Å²) >= 11 is 1.38. The third kappa shape index (κ3) is 3.82. The highest BCUT2D eigenvalue weighted by Gasteiger charge is 2.20. The van der Waals surface area contributed by atoms with Crippen molar-refractivity contribution in [3.05, 3.63) is 58.6 Å². The highest BCUT2D eigenvalue weighted by molar-refractivity contribution is 7.21. The van der Waals surface area contributed by atoms with E-state index in [0.717, 1.165) is 27.9 Å². The average Bonchev–Trinajstić information content (AvgIpc) is 2.90. The molecule has 3 rings (SSSR count). The van der Waals surface area contributed by atoms with Gasteiger partial charge >= 0.3 is 0 Å². The van der Waals surface area contributed by atoms with Crippen LogP contribution in [0.5, 0.6) is 0 Å². The summed E-state index contributed by atoms with van der Waals surface area (Å²) in [5.74, 6) is 0.482. The molecule has 2 aromatic heterocycles. The first-order valence-electron chi connectivity index (χ1n) is 8.43. The first-order chi connectivity index (χ1) is 12.0. The lowest BCUT2D eigenvalue weighted by atomic mass is 10.1. The van der Waals surface area contributed by atoms with E-state index in [1.165, 1.54) is 11.3 Å².